The first-order valence-electron chi connectivity index (χ1n) is 7.50. The van der Waals surface area contributed by atoms with Gasteiger partial charge in [0.25, 0.3) is 10.0 Å². The van der Waals surface area contributed by atoms with Crippen molar-refractivity contribution in [3.63, 3.8) is 0 Å². The maximum atomic E-state index is 12.8. The van der Waals surface area contributed by atoms with E-state index in [4.69, 9.17) is 9.47 Å². The molecule has 27 heavy (non-hydrogen) atoms. The van der Waals surface area contributed by atoms with Gasteiger partial charge in [-0.15, -0.1) is 0 Å². The minimum atomic E-state index is -4.03. The van der Waals surface area contributed by atoms with Crippen LogP contribution >= 0.6 is 15.9 Å². The third-order valence-corrected chi connectivity index (χ3v) is 7.32. The first-order chi connectivity index (χ1) is 12.5. The van der Waals surface area contributed by atoms with Crippen molar-refractivity contribution in [3.8, 4) is 11.5 Å². The highest BCUT2D eigenvalue weighted by Gasteiger charge is 2.25. The first-order valence-corrected chi connectivity index (χ1v) is 11.2. The highest BCUT2D eigenvalue weighted by atomic mass is 79.9. The summed E-state index contributed by atoms with van der Waals surface area (Å²) >= 11 is 3.23. The molecular formula is C16H19BrN2O6S2. The lowest BCUT2D eigenvalue weighted by Gasteiger charge is -2.17. The van der Waals surface area contributed by atoms with Crippen molar-refractivity contribution in [1.29, 1.82) is 0 Å². The maximum Gasteiger partial charge on any atom is 0.265 e. The second-order valence-electron chi connectivity index (χ2n) is 5.55. The topological polar surface area (TPSA) is 102 Å². The van der Waals surface area contributed by atoms with Gasteiger partial charge in [-0.25, -0.2) is 21.1 Å². The van der Waals surface area contributed by atoms with Crippen molar-refractivity contribution in [2.75, 3.05) is 33.0 Å². The summed E-state index contributed by atoms with van der Waals surface area (Å²) < 4.78 is 64.7. The number of anilines is 1. The molecule has 0 unspecified atom stereocenters. The number of sulfonamides is 2. The fourth-order valence-corrected chi connectivity index (χ4v) is 5.04. The summed E-state index contributed by atoms with van der Waals surface area (Å²) in [6, 6.07) is 8.54. The average molecular weight is 479 g/mol. The summed E-state index contributed by atoms with van der Waals surface area (Å²) in [6.07, 6.45) is 0. The third kappa shape index (κ3) is 4.54. The van der Waals surface area contributed by atoms with Gasteiger partial charge in [0, 0.05) is 18.6 Å². The van der Waals surface area contributed by atoms with E-state index in [1.807, 2.05) is 0 Å². The van der Waals surface area contributed by atoms with Crippen molar-refractivity contribution in [2.24, 2.45) is 0 Å². The standard InChI is InChI=1S/C16H19BrN2O6S2/c1-19(2)27(22,23)16-10-12(6-8-14(16)25-4)18-26(20,21)15-9-11(17)5-7-13(15)24-3/h5-10,18H,1-4H3. The Bertz CT molecular complexity index is 1050. The lowest BCUT2D eigenvalue weighted by atomic mass is 10.3. The van der Waals surface area contributed by atoms with Crippen LogP contribution in [0.4, 0.5) is 5.69 Å². The molecule has 0 amide bonds. The Kier molecular flexibility index (Phi) is 6.40. The highest BCUT2D eigenvalue weighted by Crippen LogP contribution is 2.32. The van der Waals surface area contributed by atoms with E-state index in [9.17, 15) is 16.8 Å². The van der Waals surface area contributed by atoms with Crippen LogP contribution in [0.15, 0.2) is 50.7 Å². The van der Waals surface area contributed by atoms with Crippen LogP contribution in [-0.4, -0.2) is 49.5 Å². The van der Waals surface area contributed by atoms with Crippen molar-refractivity contribution in [3.05, 3.63) is 40.9 Å². The molecule has 0 saturated carbocycles. The predicted molar refractivity (Wildman–Crippen MR) is 105 cm³/mol. The molecule has 0 aliphatic heterocycles. The monoisotopic (exact) mass is 478 g/mol. The fourth-order valence-electron chi connectivity index (χ4n) is 2.21. The Morgan fingerprint density at radius 3 is 2.00 bits per heavy atom. The zero-order valence-corrected chi connectivity index (χ0v) is 18.3. The molecule has 0 heterocycles. The molecule has 0 radical (unpaired) electrons. The Morgan fingerprint density at radius 2 is 1.44 bits per heavy atom. The summed E-state index contributed by atoms with van der Waals surface area (Å²) in [5.74, 6) is 0.257. The molecule has 8 nitrogen and oxygen atoms in total. The van der Waals surface area contributed by atoms with Crippen LogP contribution in [0.2, 0.25) is 0 Å². The molecule has 0 atom stereocenters. The molecule has 11 heteroatoms. The number of nitrogens with zero attached hydrogens (tertiary/aromatic N) is 1. The van der Waals surface area contributed by atoms with Crippen LogP contribution in [0.3, 0.4) is 0 Å². The third-order valence-electron chi connectivity index (χ3n) is 3.59. The summed E-state index contributed by atoms with van der Waals surface area (Å²) in [4.78, 5) is -0.247. The number of methoxy groups -OCH3 is 2. The molecule has 0 saturated heterocycles. The van der Waals surface area contributed by atoms with E-state index in [1.165, 1.54) is 58.6 Å². The zero-order valence-electron chi connectivity index (χ0n) is 15.1. The second kappa shape index (κ2) is 8.05. The Hall–Kier alpha value is -1.82. The summed E-state index contributed by atoms with van der Waals surface area (Å²) in [6.45, 7) is 0. The maximum absolute atomic E-state index is 12.8. The summed E-state index contributed by atoms with van der Waals surface area (Å²) in [7, 11) is -2.44. The van der Waals surface area contributed by atoms with Crippen LogP contribution in [-0.2, 0) is 20.0 Å². The van der Waals surface area contributed by atoms with E-state index in [0.717, 1.165) is 4.31 Å². The van der Waals surface area contributed by atoms with E-state index in [0.29, 0.717) is 4.47 Å². The lowest BCUT2D eigenvalue weighted by molar-refractivity contribution is 0.400. The fraction of sp³-hybridized carbons (Fsp3) is 0.250. The van der Waals surface area contributed by atoms with Gasteiger partial charge in [-0.05, 0) is 36.4 Å². The average Bonchev–Trinajstić information content (AvgIpc) is 2.61. The second-order valence-corrected chi connectivity index (χ2v) is 10.2. The molecule has 2 rings (SSSR count). The van der Waals surface area contributed by atoms with Gasteiger partial charge in [0.2, 0.25) is 10.0 Å². The molecule has 2 aromatic rings. The normalized spacial score (nSPS) is 12.1. The van der Waals surface area contributed by atoms with Crippen molar-refractivity contribution < 1.29 is 26.3 Å². The minimum absolute atomic E-state index is 0.0678. The molecule has 0 aliphatic carbocycles. The van der Waals surface area contributed by atoms with Gasteiger partial charge in [-0.2, -0.15) is 0 Å². The van der Waals surface area contributed by atoms with Gasteiger partial charge >= 0.3 is 0 Å². The molecule has 0 spiro atoms. The van der Waals surface area contributed by atoms with E-state index < -0.39 is 20.0 Å². The van der Waals surface area contributed by atoms with E-state index in [-0.39, 0.29) is 27.0 Å². The van der Waals surface area contributed by atoms with Gasteiger partial charge in [0.05, 0.1) is 19.9 Å². The number of hydrogen-bond donors (Lipinski definition) is 1. The predicted octanol–water partition coefficient (Wildman–Crippen LogP) is 2.52. The Labute approximate surface area is 167 Å². The Balaban J connectivity index is 2.54. The van der Waals surface area contributed by atoms with E-state index in [2.05, 4.69) is 20.7 Å². The van der Waals surface area contributed by atoms with Crippen LogP contribution in [0, 0.1) is 0 Å². The quantitative estimate of drug-likeness (QED) is 0.655. The van der Waals surface area contributed by atoms with Gasteiger partial charge in [0.1, 0.15) is 21.3 Å². The number of ether oxygens (including phenoxy) is 2. The van der Waals surface area contributed by atoms with Crippen molar-refractivity contribution in [1.82, 2.24) is 4.31 Å². The van der Waals surface area contributed by atoms with Gasteiger partial charge < -0.3 is 9.47 Å². The smallest absolute Gasteiger partial charge is 0.265 e. The SMILES string of the molecule is COc1ccc(Br)cc1S(=O)(=O)Nc1ccc(OC)c(S(=O)(=O)N(C)C)c1. The van der Waals surface area contributed by atoms with Gasteiger partial charge in [-0.1, -0.05) is 15.9 Å². The Morgan fingerprint density at radius 1 is 0.889 bits per heavy atom. The number of hydrogen-bond acceptors (Lipinski definition) is 6. The molecule has 0 aliphatic rings. The van der Waals surface area contributed by atoms with Crippen molar-refractivity contribution in [2.45, 2.75) is 9.79 Å². The number of halogens is 1. The number of benzene rings is 2. The number of nitrogens with one attached hydrogen (secondary N) is 1. The largest absolute Gasteiger partial charge is 0.495 e. The van der Waals surface area contributed by atoms with E-state index in [1.54, 1.807) is 6.07 Å². The molecular weight excluding hydrogens is 460 g/mol. The van der Waals surface area contributed by atoms with Crippen LogP contribution in [0.1, 0.15) is 0 Å². The molecule has 0 bridgehead atoms. The molecule has 1 N–H and O–H groups in total. The first kappa shape index (κ1) is 21.5. The van der Waals surface area contributed by atoms with Crippen LogP contribution < -0.4 is 14.2 Å². The zero-order chi connectivity index (χ0) is 20.4. The highest BCUT2D eigenvalue weighted by molar-refractivity contribution is 9.10. The summed E-state index contributed by atoms with van der Waals surface area (Å²) in [5, 5.41) is 0. The molecule has 0 aromatic heterocycles. The number of rotatable bonds is 7. The lowest BCUT2D eigenvalue weighted by Crippen LogP contribution is -2.23. The van der Waals surface area contributed by atoms with Crippen LogP contribution in [0.25, 0.3) is 0 Å². The summed E-state index contributed by atoms with van der Waals surface area (Å²) in [5.41, 5.74) is 0.0678. The van der Waals surface area contributed by atoms with Crippen LogP contribution in [0.5, 0.6) is 11.5 Å². The van der Waals surface area contributed by atoms with Crippen molar-refractivity contribution >= 4 is 41.7 Å². The van der Waals surface area contributed by atoms with E-state index >= 15 is 0 Å². The van der Waals surface area contributed by atoms with Gasteiger partial charge in [0.15, 0.2) is 0 Å². The minimum Gasteiger partial charge on any atom is -0.495 e. The molecule has 0 fully saturated rings. The molecule has 148 valence electrons. The van der Waals surface area contributed by atoms with Gasteiger partial charge in [-0.3, -0.25) is 4.72 Å². The molecule has 2 aromatic carbocycles.